The van der Waals surface area contributed by atoms with Crippen molar-refractivity contribution in [2.45, 2.75) is 30.7 Å². The predicted molar refractivity (Wildman–Crippen MR) is 110 cm³/mol. The third-order valence-electron chi connectivity index (χ3n) is 5.08. The van der Waals surface area contributed by atoms with Crippen LogP contribution in [0.15, 0.2) is 24.3 Å². The smallest absolute Gasteiger partial charge is 0.343 e. The maximum atomic E-state index is 12.5. The molecule has 190 valence electrons. The predicted octanol–water partition coefficient (Wildman–Crippen LogP) is -0.955. The molecule has 8 N–H and O–H groups in total. The summed E-state index contributed by atoms with van der Waals surface area (Å²) in [4.78, 5) is 24.8. The lowest BCUT2D eigenvalue weighted by atomic mass is 9.99. The lowest BCUT2D eigenvalue weighted by Crippen LogP contribution is -2.59. The standard InChI is InChI=1S/C21H22O14/c1-32-21-18(29)17(28)16(27)13(35-21)6-33-19(30)8-4-11(24)15(26)12(5-8)34-20(31)7-2-9(22)14(25)10(23)3-7/h2-5,13,16-18,21-29H,6H2,1H3. The van der Waals surface area contributed by atoms with E-state index in [2.05, 4.69) is 0 Å². The first-order valence-electron chi connectivity index (χ1n) is 9.87. The molecule has 35 heavy (non-hydrogen) atoms. The van der Waals surface area contributed by atoms with Gasteiger partial charge in [-0.1, -0.05) is 0 Å². The molecule has 1 saturated heterocycles. The molecule has 0 aliphatic carbocycles. The Balaban J connectivity index is 1.75. The summed E-state index contributed by atoms with van der Waals surface area (Å²) in [5.74, 6) is -7.39. The Morgan fingerprint density at radius 2 is 1.34 bits per heavy atom. The zero-order valence-corrected chi connectivity index (χ0v) is 17.9. The highest BCUT2D eigenvalue weighted by Crippen LogP contribution is 2.39. The summed E-state index contributed by atoms with van der Waals surface area (Å²) in [5.41, 5.74) is -0.852. The minimum Gasteiger partial charge on any atom is -0.504 e. The summed E-state index contributed by atoms with van der Waals surface area (Å²) in [7, 11) is 1.18. The van der Waals surface area contributed by atoms with Crippen molar-refractivity contribution < 1.29 is 69.4 Å². The number of methoxy groups -OCH3 is 1. The van der Waals surface area contributed by atoms with Gasteiger partial charge in [-0.05, 0) is 24.3 Å². The van der Waals surface area contributed by atoms with Crippen LogP contribution in [0.3, 0.4) is 0 Å². The number of hydrogen-bond acceptors (Lipinski definition) is 14. The number of aromatic hydroxyl groups is 5. The molecule has 1 aliphatic rings. The average Bonchev–Trinajstić information content (AvgIpc) is 2.82. The fourth-order valence-corrected chi connectivity index (χ4v) is 3.16. The van der Waals surface area contributed by atoms with Crippen molar-refractivity contribution in [3.63, 3.8) is 0 Å². The first-order chi connectivity index (χ1) is 16.4. The van der Waals surface area contributed by atoms with E-state index in [1.807, 2.05) is 0 Å². The van der Waals surface area contributed by atoms with Gasteiger partial charge in [0.1, 0.15) is 31.0 Å². The number of rotatable bonds is 6. The van der Waals surface area contributed by atoms with E-state index in [0.717, 1.165) is 24.3 Å². The lowest BCUT2D eigenvalue weighted by molar-refractivity contribution is -0.294. The SMILES string of the molecule is COC1OC(COC(=O)c2cc(O)c(O)c(OC(=O)c3cc(O)c(O)c(O)c3)c2)C(O)C(O)C1O. The largest absolute Gasteiger partial charge is 0.504 e. The van der Waals surface area contributed by atoms with Crippen molar-refractivity contribution in [1.82, 2.24) is 0 Å². The molecule has 0 aromatic heterocycles. The molecule has 5 atom stereocenters. The molecular weight excluding hydrogens is 476 g/mol. The molecule has 1 fully saturated rings. The lowest BCUT2D eigenvalue weighted by Gasteiger charge is -2.39. The Bertz CT molecular complexity index is 1090. The first kappa shape index (κ1) is 25.8. The molecule has 14 nitrogen and oxygen atoms in total. The van der Waals surface area contributed by atoms with Crippen LogP contribution in [0.2, 0.25) is 0 Å². The van der Waals surface area contributed by atoms with E-state index in [-0.39, 0.29) is 0 Å². The number of phenolic OH excluding ortho intramolecular Hbond substituents is 5. The highest BCUT2D eigenvalue weighted by molar-refractivity contribution is 5.94. The third-order valence-corrected chi connectivity index (χ3v) is 5.08. The van der Waals surface area contributed by atoms with Crippen LogP contribution >= 0.6 is 0 Å². The van der Waals surface area contributed by atoms with Gasteiger partial charge in [-0.15, -0.1) is 0 Å². The zero-order valence-electron chi connectivity index (χ0n) is 17.9. The van der Waals surface area contributed by atoms with Gasteiger partial charge in [0.15, 0.2) is 35.0 Å². The van der Waals surface area contributed by atoms with Gasteiger partial charge < -0.3 is 59.8 Å². The molecule has 2 aromatic rings. The van der Waals surface area contributed by atoms with Crippen LogP contribution in [0.4, 0.5) is 0 Å². The van der Waals surface area contributed by atoms with E-state index in [4.69, 9.17) is 18.9 Å². The van der Waals surface area contributed by atoms with E-state index in [9.17, 15) is 50.4 Å². The van der Waals surface area contributed by atoms with Crippen molar-refractivity contribution in [2.24, 2.45) is 0 Å². The summed E-state index contributed by atoms with van der Waals surface area (Å²) in [6.45, 7) is -0.619. The van der Waals surface area contributed by atoms with Gasteiger partial charge >= 0.3 is 11.9 Å². The molecule has 0 saturated carbocycles. The molecular formula is C21H22O14. The second-order valence-electron chi connectivity index (χ2n) is 7.44. The van der Waals surface area contributed by atoms with E-state index in [0.29, 0.717) is 0 Å². The molecule has 0 amide bonds. The van der Waals surface area contributed by atoms with Gasteiger partial charge in [0.05, 0.1) is 11.1 Å². The number of ether oxygens (including phenoxy) is 4. The number of carbonyl (C=O) groups excluding carboxylic acids is 2. The van der Waals surface area contributed by atoms with Crippen LogP contribution in [0.1, 0.15) is 20.7 Å². The topological polar surface area (TPSA) is 233 Å². The van der Waals surface area contributed by atoms with E-state index < -0.39 is 94.9 Å². The van der Waals surface area contributed by atoms with Crippen LogP contribution in [0.5, 0.6) is 34.5 Å². The van der Waals surface area contributed by atoms with Gasteiger partial charge in [-0.3, -0.25) is 0 Å². The Morgan fingerprint density at radius 3 is 1.91 bits per heavy atom. The minimum absolute atomic E-state index is 0.409. The maximum Gasteiger partial charge on any atom is 0.343 e. The zero-order chi connectivity index (χ0) is 26.0. The first-order valence-corrected chi connectivity index (χ1v) is 9.87. The van der Waals surface area contributed by atoms with Crippen LogP contribution in [-0.4, -0.2) is 97.2 Å². The van der Waals surface area contributed by atoms with Crippen LogP contribution in [-0.2, 0) is 14.2 Å². The summed E-state index contributed by atoms with van der Waals surface area (Å²) in [5, 5.41) is 78.0. The van der Waals surface area contributed by atoms with Gasteiger partial charge in [0, 0.05) is 7.11 Å². The van der Waals surface area contributed by atoms with Crippen molar-refractivity contribution in [1.29, 1.82) is 0 Å². The normalized spacial score (nSPS) is 24.1. The monoisotopic (exact) mass is 498 g/mol. The maximum absolute atomic E-state index is 12.5. The molecule has 1 heterocycles. The Hall–Kier alpha value is -3.82. The minimum atomic E-state index is -1.65. The third kappa shape index (κ3) is 5.31. The van der Waals surface area contributed by atoms with E-state index in [1.54, 1.807) is 0 Å². The van der Waals surface area contributed by atoms with Crippen molar-refractivity contribution in [3.8, 4) is 34.5 Å². The number of carbonyl (C=O) groups is 2. The van der Waals surface area contributed by atoms with Crippen LogP contribution in [0, 0.1) is 0 Å². The Labute approximate surface area is 196 Å². The van der Waals surface area contributed by atoms with Crippen molar-refractivity contribution >= 4 is 11.9 Å². The second kappa shape index (κ2) is 10.2. The van der Waals surface area contributed by atoms with Gasteiger partial charge in [-0.25, -0.2) is 9.59 Å². The molecule has 5 unspecified atom stereocenters. The second-order valence-corrected chi connectivity index (χ2v) is 7.44. The quantitative estimate of drug-likeness (QED) is 0.136. The Kier molecular flexibility index (Phi) is 7.52. The fraction of sp³-hybridized carbons (Fsp3) is 0.333. The van der Waals surface area contributed by atoms with E-state index in [1.165, 1.54) is 7.11 Å². The fourth-order valence-electron chi connectivity index (χ4n) is 3.16. The molecule has 1 aliphatic heterocycles. The van der Waals surface area contributed by atoms with Crippen molar-refractivity contribution in [2.75, 3.05) is 13.7 Å². The van der Waals surface area contributed by atoms with Crippen molar-refractivity contribution in [3.05, 3.63) is 35.4 Å². The average molecular weight is 498 g/mol. The molecule has 0 spiro atoms. The van der Waals surface area contributed by atoms with Gasteiger partial charge in [0.2, 0.25) is 5.75 Å². The number of hydrogen-bond donors (Lipinski definition) is 8. The number of benzene rings is 2. The van der Waals surface area contributed by atoms with Crippen LogP contribution in [0.25, 0.3) is 0 Å². The van der Waals surface area contributed by atoms with Gasteiger partial charge in [-0.2, -0.15) is 0 Å². The number of aliphatic hydroxyl groups excluding tert-OH is 3. The molecule has 2 aromatic carbocycles. The number of phenols is 5. The summed E-state index contributed by atoms with van der Waals surface area (Å²) in [6, 6.07) is 3.16. The Morgan fingerprint density at radius 1 is 0.800 bits per heavy atom. The van der Waals surface area contributed by atoms with Gasteiger partial charge in [0.25, 0.3) is 0 Å². The molecule has 3 rings (SSSR count). The molecule has 14 heteroatoms. The van der Waals surface area contributed by atoms with Crippen LogP contribution < -0.4 is 4.74 Å². The molecule has 0 radical (unpaired) electrons. The highest BCUT2D eigenvalue weighted by atomic mass is 16.7. The number of esters is 2. The summed E-state index contributed by atoms with van der Waals surface area (Å²) in [6.07, 6.45) is -7.43. The summed E-state index contributed by atoms with van der Waals surface area (Å²) < 4.78 is 20.0. The number of aliphatic hydroxyl groups is 3. The molecule has 0 bridgehead atoms. The van der Waals surface area contributed by atoms with E-state index >= 15 is 0 Å². The summed E-state index contributed by atoms with van der Waals surface area (Å²) >= 11 is 0. The highest BCUT2D eigenvalue weighted by Gasteiger charge is 2.44.